The highest BCUT2D eigenvalue weighted by Gasteiger charge is 2.15. The van der Waals surface area contributed by atoms with E-state index in [1.165, 1.54) is 6.92 Å². The van der Waals surface area contributed by atoms with Crippen LogP contribution < -0.4 is 10.9 Å². The van der Waals surface area contributed by atoms with E-state index in [1.54, 1.807) is 13.8 Å². The summed E-state index contributed by atoms with van der Waals surface area (Å²) in [7, 11) is 0. The predicted molar refractivity (Wildman–Crippen MR) is 66.8 cm³/mol. The number of pyridine rings is 1. The second-order valence-corrected chi connectivity index (χ2v) is 3.97. The molecule has 0 aromatic carbocycles. The van der Waals surface area contributed by atoms with Crippen molar-refractivity contribution in [2.75, 3.05) is 6.54 Å². The molecular weight excluding hydrogens is 234 g/mol. The van der Waals surface area contributed by atoms with Crippen LogP contribution in [0.2, 0.25) is 0 Å². The Balaban J connectivity index is 3.20. The summed E-state index contributed by atoms with van der Waals surface area (Å²) in [4.78, 5) is 25.9. The van der Waals surface area contributed by atoms with Crippen LogP contribution in [0.5, 0.6) is 5.88 Å². The van der Waals surface area contributed by atoms with Crippen LogP contribution in [0, 0.1) is 20.4 Å². The topological polar surface area (TPSA) is 75.7 Å². The van der Waals surface area contributed by atoms with Gasteiger partial charge in [-0.25, -0.2) is 4.85 Å². The molecule has 0 aliphatic rings. The lowest BCUT2D eigenvalue weighted by molar-refractivity contribution is -0.118. The van der Waals surface area contributed by atoms with Crippen molar-refractivity contribution < 1.29 is 9.90 Å². The molecule has 1 rings (SSSR count). The average Bonchev–Trinajstić information content (AvgIpc) is 2.31. The lowest BCUT2D eigenvalue weighted by atomic mass is 10.1. The molecule has 0 fully saturated rings. The molecule has 0 atom stereocenters. The minimum Gasteiger partial charge on any atom is -0.494 e. The first-order chi connectivity index (χ1) is 8.40. The summed E-state index contributed by atoms with van der Waals surface area (Å²) in [6.45, 7) is 12.0. The quantitative estimate of drug-likeness (QED) is 0.780. The van der Waals surface area contributed by atoms with Crippen LogP contribution in [-0.4, -0.2) is 22.1 Å². The fourth-order valence-electron chi connectivity index (χ4n) is 1.62. The van der Waals surface area contributed by atoms with Gasteiger partial charge in [-0.05, 0) is 19.4 Å². The van der Waals surface area contributed by atoms with E-state index >= 15 is 0 Å². The Morgan fingerprint density at radius 3 is 2.56 bits per heavy atom. The van der Waals surface area contributed by atoms with Gasteiger partial charge in [0.2, 0.25) is 5.91 Å². The minimum absolute atomic E-state index is 0.00752. The molecular formula is C12H15N3O3. The molecule has 6 nitrogen and oxygen atoms in total. The van der Waals surface area contributed by atoms with Crippen molar-refractivity contribution in [3.8, 4) is 5.88 Å². The van der Waals surface area contributed by atoms with Crippen LogP contribution in [0.3, 0.4) is 0 Å². The monoisotopic (exact) mass is 249 g/mol. The molecule has 0 spiro atoms. The van der Waals surface area contributed by atoms with Gasteiger partial charge in [0.05, 0.1) is 6.57 Å². The smallest absolute Gasteiger partial charge is 0.259 e. The maximum absolute atomic E-state index is 11.9. The Labute approximate surface area is 105 Å². The fraction of sp³-hybridized carbons (Fsp3) is 0.417. The van der Waals surface area contributed by atoms with Crippen molar-refractivity contribution in [3.05, 3.63) is 32.9 Å². The maximum Gasteiger partial charge on any atom is 0.259 e. The first-order valence-electron chi connectivity index (χ1n) is 5.45. The van der Waals surface area contributed by atoms with E-state index < -0.39 is 5.56 Å². The van der Waals surface area contributed by atoms with Crippen molar-refractivity contribution in [1.29, 1.82) is 0 Å². The normalized spacial score (nSPS) is 9.89. The maximum atomic E-state index is 11.9. The van der Waals surface area contributed by atoms with Crippen LogP contribution in [0.1, 0.15) is 18.1 Å². The molecule has 0 aliphatic carbocycles. The zero-order valence-corrected chi connectivity index (χ0v) is 10.6. The van der Waals surface area contributed by atoms with Crippen molar-refractivity contribution >= 4 is 11.6 Å². The van der Waals surface area contributed by atoms with E-state index in [1.807, 2.05) is 0 Å². The number of aromatic nitrogens is 1. The zero-order valence-electron chi connectivity index (χ0n) is 10.6. The molecule has 2 N–H and O–H groups in total. The van der Waals surface area contributed by atoms with Crippen LogP contribution >= 0.6 is 0 Å². The summed E-state index contributed by atoms with van der Waals surface area (Å²) in [6, 6.07) is 0. The molecule has 6 heteroatoms. The average molecular weight is 249 g/mol. The van der Waals surface area contributed by atoms with Gasteiger partial charge >= 0.3 is 0 Å². The lowest BCUT2D eigenvalue weighted by Crippen LogP contribution is -2.29. The van der Waals surface area contributed by atoms with E-state index in [0.717, 1.165) is 4.57 Å². The number of carbonyl (C=O) groups excluding carboxylic acids is 1. The van der Waals surface area contributed by atoms with Gasteiger partial charge in [0.15, 0.2) is 5.88 Å². The summed E-state index contributed by atoms with van der Waals surface area (Å²) >= 11 is 0. The Hall–Kier alpha value is -2.29. The van der Waals surface area contributed by atoms with Gasteiger partial charge in [-0.15, -0.1) is 0 Å². The number of nitrogens with one attached hydrogen (secondary N) is 1. The van der Waals surface area contributed by atoms with Gasteiger partial charge in [-0.3, -0.25) is 14.2 Å². The Kier molecular flexibility index (Phi) is 4.10. The van der Waals surface area contributed by atoms with Crippen LogP contribution in [-0.2, 0) is 11.3 Å². The van der Waals surface area contributed by atoms with Crippen molar-refractivity contribution in [2.24, 2.45) is 0 Å². The number of hydrogen-bond donors (Lipinski definition) is 2. The number of amides is 1. The van der Waals surface area contributed by atoms with E-state index in [-0.39, 0.29) is 30.6 Å². The minimum atomic E-state index is -0.532. The third kappa shape index (κ3) is 2.51. The highest BCUT2D eigenvalue weighted by atomic mass is 16.3. The number of nitrogens with zero attached hydrogens (tertiary/aromatic N) is 2. The molecule has 0 unspecified atom stereocenters. The fourth-order valence-corrected chi connectivity index (χ4v) is 1.62. The lowest BCUT2D eigenvalue weighted by Gasteiger charge is -2.14. The van der Waals surface area contributed by atoms with Gasteiger partial charge in [0, 0.05) is 25.6 Å². The predicted octanol–water partition coefficient (Wildman–Crippen LogP) is 0.858. The molecule has 0 aliphatic heterocycles. The van der Waals surface area contributed by atoms with E-state index in [0.29, 0.717) is 11.1 Å². The molecule has 0 saturated carbocycles. The summed E-state index contributed by atoms with van der Waals surface area (Å²) in [6.07, 6.45) is 0. The number of hydrogen-bond acceptors (Lipinski definition) is 3. The van der Waals surface area contributed by atoms with Gasteiger partial charge in [0.1, 0.15) is 0 Å². The largest absolute Gasteiger partial charge is 0.494 e. The second kappa shape index (κ2) is 5.36. The SMILES string of the molecule is [C-]#[N+]c1c(C)c(C)c(O)n(CCNC(C)=O)c1=O. The molecule has 1 heterocycles. The van der Waals surface area contributed by atoms with Gasteiger partial charge < -0.3 is 10.4 Å². The Morgan fingerprint density at radius 1 is 1.44 bits per heavy atom. The number of rotatable bonds is 3. The third-order valence-electron chi connectivity index (χ3n) is 2.78. The van der Waals surface area contributed by atoms with Crippen LogP contribution in [0.4, 0.5) is 5.69 Å². The highest BCUT2D eigenvalue weighted by Crippen LogP contribution is 2.24. The Morgan fingerprint density at radius 2 is 2.06 bits per heavy atom. The van der Waals surface area contributed by atoms with Gasteiger partial charge in [-0.2, -0.15) is 0 Å². The van der Waals surface area contributed by atoms with E-state index in [4.69, 9.17) is 6.57 Å². The molecule has 18 heavy (non-hydrogen) atoms. The molecule has 1 aromatic rings. The second-order valence-electron chi connectivity index (χ2n) is 3.97. The molecule has 0 saturated heterocycles. The summed E-state index contributed by atoms with van der Waals surface area (Å²) in [5.41, 5.74) is 0.468. The standard InChI is InChI=1S/C12H15N3O3/c1-7-8(2)11(17)15(6-5-14-9(3)16)12(18)10(7)13-4/h17H,5-6H2,1-3H3,(H,14,16). The highest BCUT2D eigenvalue weighted by molar-refractivity contribution is 5.72. The van der Waals surface area contributed by atoms with Gasteiger partial charge in [-0.1, -0.05) is 0 Å². The zero-order chi connectivity index (χ0) is 13.9. The number of carbonyl (C=O) groups is 1. The van der Waals surface area contributed by atoms with Crippen LogP contribution in [0.15, 0.2) is 4.79 Å². The van der Waals surface area contributed by atoms with Crippen molar-refractivity contribution in [2.45, 2.75) is 27.3 Å². The Bertz CT molecular complexity index is 582. The van der Waals surface area contributed by atoms with E-state index in [9.17, 15) is 14.7 Å². The third-order valence-corrected chi connectivity index (χ3v) is 2.78. The summed E-state index contributed by atoms with van der Waals surface area (Å²) < 4.78 is 1.10. The van der Waals surface area contributed by atoms with Gasteiger partial charge in [0.25, 0.3) is 11.2 Å². The molecule has 96 valence electrons. The molecule has 0 bridgehead atoms. The van der Waals surface area contributed by atoms with Crippen molar-refractivity contribution in [3.63, 3.8) is 0 Å². The first-order valence-corrected chi connectivity index (χ1v) is 5.45. The van der Waals surface area contributed by atoms with Crippen LogP contribution in [0.25, 0.3) is 4.85 Å². The molecule has 0 radical (unpaired) electrons. The summed E-state index contributed by atoms with van der Waals surface area (Å²) in [5, 5.41) is 12.4. The van der Waals surface area contributed by atoms with Crippen molar-refractivity contribution in [1.82, 2.24) is 9.88 Å². The molecule has 1 aromatic heterocycles. The summed E-state index contributed by atoms with van der Waals surface area (Å²) in [5.74, 6) is -0.368. The van der Waals surface area contributed by atoms with E-state index in [2.05, 4.69) is 10.2 Å². The first kappa shape index (κ1) is 13.8. The molecule has 1 amide bonds. The number of aromatic hydroxyl groups is 1.